The summed E-state index contributed by atoms with van der Waals surface area (Å²) in [6.45, 7) is 2.21. The Kier molecular flexibility index (Phi) is 5.88. The Balaban J connectivity index is 1.54. The summed E-state index contributed by atoms with van der Waals surface area (Å²) in [4.78, 5) is 40.6. The number of nitrogens with zero attached hydrogens (tertiary/aromatic N) is 4. The maximum Gasteiger partial charge on any atom is 0.271 e. The van der Waals surface area contributed by atoms with Crippen molar-refractivity contribution < 1.29 is 14.5 Å². The lowest BCUT2D eigenvalue weighted by atomic mass is 10.2. The molecule has 0 N–H and O–H groups in total. The molecule has 1 heterocycles. The quantitative estimate of drug-likeness (QED) is 0.583. The largest absolute Gasteiger partial charge is 0.368 e. The SMILES string of the molecule is CN(CC(=O)N1CCN(c2cccc([N+](=O)[O-])c2)CC1)C(=O)c1ccccc1. The van der Waals surface area contributed by atoms with Gasteiger partial charge < -0.3 is 14.7 Å². The van der Waals surface area contributed by atoms with Crippen molar-refractivity contribution in [1.82, 2.24) is 9.80 Å². The molecule has 2 aromatic carbocycles. The number of piperazine rings is 1. The second kappa shape index (κ2) is 8.51. The highest BCUT2D eigenvalue weighted by atomic mass is 16.6. The summed E-state index contributed by atoms with van der Waals surface area (Å²) in [5.74, 6) is -0.297. The van der Waals surface area contributed by atoms with Crippen molar-refractivity contribution in [3.05, 3.63) is 70.3 Å². The number of anilines is 1. The summed E-state index contributed by atoms with van der Waals surface area (Å²) in [5.41, 5.74) is 1.38. The van der Waals surface area contributed by atoms with Gasteiger partial charge in [0.05, 0.1) is 11.5 Å². The maximum absolute atomic E-state index is 12.6. The molecule has 0 bridgehead atoms. The number of carbonyl (C=O) groups is 2. The summed E-state index contributed by atoms with van der Waals surface area (Å²) in [7, 11) is 1.62. The highest BCUT2D eigenvalue weighted by Gasteiger charge is 2.24. The Morgan fingerprint density at radius 3 is 2.36 bits per heavy atom. The van der Waals surface area contributed by atoms with Crippen LogP contribution in [0, 0.1) is 10.1 Å². The van der Waals surface area contributed by atoms with E-state index in [1.54, 1.807) is 48.3 Å². The minimum Gasteiger partial charge on any atom is -0.368 e. The van der Waals surface area contributed by atoms with Crippen LogP contribution < -0.4 is 4.90 Å². The maximum atomic E-state index is 12.6. The minimum absolute atomic E-state index is 0.0184. The van der Waals surface area contributed by atoms with Gasteiger partial charge in [-0.3, -0.25) is 19.7 Å². The highest BCUT2D eigenvalue weighted by Crippen LogP contribution is 2.22. The van der Waals surface area contributed by atoms with E-state index in [0.29, 0.717) is 31.7 Å². The Bertz CT molecular complexity index is 864. The van der Waals surface area contributed by atoms with Crippen molar-refractivity contribution in [2.45, 2.75) is 0 Å². The van der Waals surface area contributed by atoms with Gasteiger partial charge in [-0.25, -0.2) is 0 Å². The zero-order valence-electron chi connectivity index (χ0n) is 15.7. The normalized spacial score (nSPS) is 13.9. The highest BCUT2D eigenvalue weighted by molar-refractivity contribution is 5.96. The fourth-order valence-electron chi connectivity index (χ4n) is 3.19. The molecular weight excluding hydrogens is 360 g/mol. The summed E-state index contributed by atoms with van der Waals surface area (Å²) in [6.07, 6.45) is 0. The summed E-state index contributed by atoms with van der Waals surface area (Å²) >= 11 is 0. The van der Waals surface area contributed by atoms with Crippen LogP contribution in [0.3, 0.4) is 0 Å². The van der Waals surface area contributed by atoms with Gasteiger partial charge in [0, 0.05) is 56.6 Å². The standard InChI is InChI=1S/C20H22N4O4/c1-21(20(26)16-6-3-2-4-7-16)15-19(25)23-12-10-22(11-13-23)17-8-5-9-18(14-17)24(27)28/h2-9,14H,10-13,15H2,1H3. The molecule has 0 aliphatic carbocycles. The number of nitro benzene ring substituents is 1. The molecular formula is C20H22N4O4. The van der Waals surface area contributed by atoms with Gasteiger partial charge in [-0.05, 0) is 18.2 Å². The van der Waals surface area contributed by atoms with Crippen LogP contribution in [-0.4, -0.2) is 66.3 Å². The number of amides is 2. The van der Waals surface area contributed by atoms with Gasteiger partial charge in [-0.2, -0.15) is 0 Å². The number of benzene rings is 2. The number of non-ortho nitro benzene ring substituents is 1. The van der Waals surface area contributed by atoms with E-state index in [4.69, 9.17) is 0 Å². The molecule has 0 spiro atoms. The van der Waals surface area contributed by atoms with Crippen LogP contribution in [0.4, 0.5) is 11.4 Å². The summed E-state index contributed by atoms with van der Waals surface area (Å²) in [6, 6.07) is 15.4. The molecule has 1 saturated heterocycles. The van der Waals surface area contributed by atoms with Gasteiger partial charge >= 0.3 is 0 Å². The lowest BCUT2D eigenvalue weighted by Gasteiger charge is -2.36. The van der Waals surface area contributed by atoms with E-state index in [1.807, 2.05) is 17.0 Å². The first-order chi connectivity index (χ1) is 13.5. The summed E-state index contributed by atoms with van der Waals surface area (Å²) in [5, 5.41) is 10.9. The van der Waals surface area contributed by atoms with Crippen LogP contribution in [0.2, 0.25) is 0 Å². The lowest BCUT2D eigenvalue weighted by molar-refractivity contribution is -0.384. The number of rotatable bonds is 5. The Labute approximate surface area is 163 Å². The van der Waals surface area contributed by atoms with Crippen LogP contribution in [0.1, 0.15) is 10.4 Å². The molecule has 146 valence electrons. The Morgan fingerprint density at radius 1 is 1.04 bits per heavy atom. The van der Waals surface area contributed by atoms with Gasteiger partial charge in [0.2, 0.25) is 5.91 Å². The number of hydrogen-bond donors (Lipinski definition) is 0. The third kappa shape index (κ3) is 4.46. The van der Waals surface area contributed by atoms with Crippen molar-refractivity contribution >= 4 is 23.2 Å². The van der Waals surface area contributed by atoms with Crippen LogP contribution in [0.5, 0.6) is 0 Å². The zero-order chi connectivity index (χ0) is 20.1. The molecule has 8 nitrogen and oxygen atoms in total. The first-order valence-corrected chi connectivity index (χ1v) is 9.03. The van der Waals surface area contributed by atoms with Crippen molar-refractivity contribution in [1.29, 1.82) is 0 Å². The van der Waals surface area contributed by atoms with Crippen LogP contribution >= 0.6 is 0 Å². The molecule has 0 saturated carbocycles. The van der Waals surface area contributed by atoms with Crippen molar-refractivity contribution in [3.63, 3.8) is 0 Å². The molecule has 0 atom stereocenters. The Morgan fingerprint density at radius 2 is 1.71 bits per heavy atom. The van der Waals surface area contributed by atoms with E-state index in [9.17, 15) is 19.7 Å². The first kappa shape index (κ1) is 19.3. The van der Waals surface area contributed by atoms with Gasteiger partial charge in [0.25, 0.3) is 11.6 Å². The average Bonchev–Trinajstić information content (AvgIpc) is 2.74. The molecule has 0 radical (unpaired) electrons. The van der Waals surface area contributed by atoms with E-state index < -0.39 is 4.92 Å². The third-order valence-corrected chi connectivity index (χ3v) is 4.78. The second-order valence-corrected chi connectivity index (χ2v) is 6.67. The fraction of sp³-hybridized carbons (Fsp3) is 0.300. The number of carbonyl (C=O) groups excluding carboxylic acids is 2. The molecule has 28 heavy (non-hydrogen) atoms. The second-order valence-electron chi connectivity index (χ2n) is 6.67. The molecule has 8 heteroatoms. The monoisotopic (exact) mass is 382 g/mol. The van der Waals surface area contributed by atoms with Crippen molar-refractivity contribution in [3.8, 4) is 0 Å². The minimum atomic E-state index is -0.414. The van der Waals surface area contributed by atoms with E-state index in [-0.39, 0.29) is 24.0 Å². The zero-order valence-corrected chi connectivity index (χ0v) is 15.7. The smallest absolute Gasteiger partial charge is 0.271 e. The lowest BCUT2D eigenvalue weighted by Crippen LogP contribution is -2.51. The molecule has 1 aliphatic heterocycles. The Hall–Kier alpha value is -3.42. The predicted molar refractivity (Wildman–Crippen MR) is 105 cm³/mol. The topological polar surface area (TPSA) is 87.0 Å². The van der Waals surface area contributed by atoms with Gasteiger partial charge in [0.15, 0.2) is 0 Å². The predicted octanol–water partition coefficient (Wildman–Crippen LogP) is 2.02. The molecule has 1 aliphatic rings. The first-order valence-electron chi connectivity index (χ1n) is 9.03. The molecule has 0 aromatic heterocycles. The molecule has 1 fully saturated rings. The number of nitro groups is 1. The average molecular weight is 382 g/mol. The van der Waals surface area contributed by atoms with Crippen LogP contribution in [0.15, 0.2) is 54.6 Å². The van der Waals surface area contributed by atoms with Gasteiger partial charge in [-0.15, -0.1) is 0 Å². The molecule has 0 unspecified atom stereocenters. The number of likely N-dealkylation sites (N-methyl/N-ethyl adjacent to an activating group) is 1. The number of hydrogen-bond acceptors (Lipinski definition) is 5. The van der Waals surface area contributed by atoms with Crippen LogP contribution in [-0.2, 0) is 4.79 Å². The fourth-order valence-corrected chi connectivity index (χ4v) is 3.19. The van der Waals surface area contributed by atoms with Crippen LogP contribution in [0.25, 0.3) is 0 Å². The van der Waals surface area contributed by atoms with E-state index in [0.717, 1.165) is 5.69 Å². The van der Waals surface area contributed by atoms with Gasteiger partial charge in [0.1, 0.15) is 0 Å². The van der Waals surface area contributed by atoms with E-state index in [2.05, 4.69) is 0 Å². The van der Waals surface area contributed by atoms with E-state index in [1.165, 1.54) is 11.0 Å². The van der Waals surface area contributed by atoms with Gasteiger partial charge in [-0.1, -0.05) is 24.3 Å². The molecule has 2 aromatic rings. The summed E-state index contributed by atoms with van der Waals surface area (Å²) < 4.78 is 0. The molecule has 3 rings (SSSR count). The molecule has 2 amide bonds. The van der Waals surface area contributed by atoms with E-state index >= 15 is 0 Å². The third-order valence-electron chi connectivity index (χ3n) is 4.78. The van der Waals surface area contributed by atoms with Crippen molar-refractivity contribution in [2.24, 2.45) is 0 Å². The van der Waals surface area contributed by atoms with Crippen molar-refractivity contribution in [2.75, 3.05) is 44.7 Å².